The van der Waals surface area contributed by atoms with Crippen molar-refractivity contribution in [3.63, 3.8) is 0 Å². The van der Waals surface area contributed by atoms with E-state index in [0.717, 1.165) is 5.52 Å². The van der Waals surface area contributed by atoms with Gasteiger partial charge in [0, 0.05) is 29.1 Å². The van der Waals surface area contributed by atoms with Gasteiger partial charge in [0.15, 0.2) is 5.78 Å². The number of H-pyrrole nitrogens is 1. The zero-order valence-electron chi connectivity index (χ0n) is 11.3. The maximum Gasteiger partial charge on any atom is 0.411 e. The molecule has 0 unspecified atom stereocenters. The maximum absolute atomic E-state index is 12.0. The molecule has 114 valence electrons. The Bertz CT molecular complexity index is 634. The molecule has 0 radical (unpaired) electrons. The van der Waals surface area contributed by atoms with Crippen molar-refractivity contribution in [2.24, 2.45) is 0 Å². The fourth-order valence-electron chi connectivity index (χ4n) is 1.94. The van der Waals surface area contributed by atoms with Crippen molar-refractivity contribution in [3.8, 4) is 5.75 Å². The minimum absolute atomic E-state index is 0.111. The quantitative estimate of drug-likeness (QED) is 0.657. The number of alkyl halides is 3. The van der Waals surface area contributed by atoms with Crippen molar-refractivity contribution >= 4 is 16.7 Å². The van der Waals surface area contributed by atoms with Crippen molar-refractivity contribution < 1.29 is 27.4 Å². The van der Waals surface area contributed by atoms with Crippen LogP contribution in [0.2, 0.25) is 0 Å². The molecule has 2 rings (SSSR count). The molecule has 4 nitrogen and oxygen atoms in total. The van der Waals surface area contributed by atoms with Crippen LogP contribution in [0.5, 0.6) is 5.75 Å². The lowest BCUT2D eigenvalue weighted by Crippen LogP contribution is -2.18. The van der Waals surface area contributed by atoms with Crippen LogP contribution in [0, 0.1) is 0 Å². The molecule has 21 heavy (non-hydrogen) atoms. The highest BCUT2D eigenvalue weighted by molar-refractivity contribution is 6.08. The summed E-state index contributed by atoms with van der Waals surface area (Å²) < 4.78 is 45.3. The number of hydrogen-bond acceptors (Lipinski definition) is 3. The third-order valence-corrected chi connectivity index (χ3v) is 2.93. The van der Waals surface area contributed by atoms with E-state index in [-0.39, 0.29) is 18.8 Å². The smallest absolute Gasteiger partial charge is 0.411 e. The third-order valence-electron chi connectivity index (χ3n) is 2.93. The van der Waals surface area contributed by atoms with E-state index in [1.165, 1.54) is 13.3 Å². The molecular formula is C14H14F3NO3. The topological polar surface area (TPSA) is 51.3 Å². The summed E-state index contributed by atoms with van der Waals surface area (Å²) >= 11 is 0. The number of rotatable bonds is 6. The maximum atomic E-state index is 12.0. The average molecular weight is 301 g/mol. The fraction of sp³-hybridized carbons (Fsp3) is 0.357. The number of fused-ring (bicyclic) bond motifs is 1. The minimum Gasteiger partial charge on any atom is -0.497 e. The van der Waals surface area contributed by atoms with Crippen molar-refractivity contribution in [2.75, 3.05) is 20.3 Å². The van der Waals surface area contributed by atoms with Gasteiger partial charge in [0.25, 0.3) is 0 Å². The second kappa shape index (κ2) is 6.17. The van der Waals surface area contributed by atoms with Gasteiger partial charge in [0.1, 0.15) is 12.4 Å². The predicted octanol–water partition coefficient (Wildman–Crippen LogP) is 3.33. The van der Waals surface area contributed by atoms with Crippen LogP contribution >= 0.6 is 0 Å². The molecule has 1 aromatic heterocycles. The monoisotopic (exact) mass is 301 g/mol. The van der Waals surface area contributed by atoms with Gasteiger partial charge in [-0.15, -0.1) is 0 Å². The second-order valence-electron chi connectivity index (χ2n) is 4.45. The summed E-state index contributed by atoms with van der Waals surface area (Å²) in [6.45, 7) is -1.61. The normalized spacial score (nSPS) is 11.8. The average Bonchev–Trinajstić information content (AvgIpc) is 2.85. The van der Waals surface area contributed by atoms with Gasteiger partial charge in [-0.3, -0.25) is 4.79 Å². The van der Waals surface area contributed by atoms with Gasteiger partial charge in [-0.1, -0.05) is 0 Å². The van der Waals surface area contributed by atoms with Crippen molar-refractivity contribution in [1.82, 2.24) is 4.98 Å². The molecule has 0 aliphatic heterocycles. The van der Waals surface area contributed by atoms with E-state index < -0.39 is 12.8 Å². The van der Waals surface area contributed by atoms with Crippen LogP contribution in [0.15, 0.2) is 24.4 Å². The molecule has 1 heterocycles. The Balaban J connectivity index is 2.02. The van der Waals surface area contributed by atoms with Crippen LogP contribution in [-0.2, 0) is 4.74 Å². The van der Waals surface area contributed by atoms with Crippen LogP contribution in [0.25, 0.3) is 10.9 Å². The summed E-state index contributed by atoms with van der Waals surface area (Å²) in [4.78, 5) is 15.0. The molecule has 0 aliphatic rings. The third kappa shape index (κ3) is 3.98. The number of methoxy groups -OCH3 is 1. The SMILES string of the molecule is COc1ccc2[nH]cc(C(=O)CCOCC(F)(F)F)c2c1. The number of halogens is 3. The molecule has 7 heteroatoms. The van der Waals surface area contributed by atoms with Gasteiger partial charge >= 0.3 is 6.18 Å². The summed E-state index contributed by atoms with van der Waals surface area (Å²) in [6, 6.07) is 5.22. The largest absolute Gasteiger partial charge is 0.497 e. The van der Waals surface area contributed by atoms with Gasteiger partial charge in [-0.25, -0.2) is 0 Å². The van der Waals surface area contributed by atoms with E-state index >= 15 is 0 Å². The standard InChI is InChI=1S/C14H14F3NO3/c1-20-9-2-3-12-10(6-9)11(7-18-12)13(19)4-5-21-8-14(15,16)17/h2-3,6-7,18H,4-5,8H2,1H3. The first-order chi connectivity index (χ1) is 9.90. The molecule has 1 aromatic carbocycles. The number of ether oxygens (including phenoxy) is 2. The number of aromatic amines is 1. The van der Waals surface area contributed by atoms with Crippen LogP contribution in [0.4, 0.5) is 13.2 Å². The van der Waals surface area contributed by atoms with Crippen LogP contribution in [0.3, 0.4) is 0 Å². The molecule has 0 amide bonds. The molecule has 0 aliphatic carbocycles. The molecule has 0 spiro atoms. The minimum atomic E-state index is -4.38. The van der Waals surface area contributed by atoms with E-state index in [9.17, 15) is 18.0 Å². The summed E-state index contributed by atoms with van der Waals surface area (Å²) in [5.41, 5.74) is 1.18. The van der Waals surface area contributed by atoms with Crippen LogP contribution in [-0.4, -0.2) is 37.3 Å². The lowest BCUT2D eigenvalue weighted by molar-refractivity contribution is -0.173. The highest BCUT2D eigenvalue weighted by Crippen LogP contribution is 2.24. The summed E-state index contributed by atoms with van der Waals surface area (Å²) in [6.07, 6.45) is -2.95. The number of Topliss-reactive ketones (excluding diaryl/α,β-unsaturated/α-hetero) is 1. The number of carbonyl (C=O) groups is 1. The number of carbonyl (C=O) groups excluding carboxylic acids is 1. The van der Waals surface area contributed by atoms with Gasteiger partial charge in [-0.05, 0) is 18.2 Å². The van der Waals surface area contributed by atoms with Crippen LogP contribution in [0.1, 0.15) is 16.8 Å². The highest BCUT2D eigenvalue weighted by atomic mass is 19.4. The lowest BCUT2D eigenvalue weighted by Gasteiger charge is -2.07. The fourth-order valence-corrected chi connectivity index (χ4v) is 1.94. The Labute approximate surface area is 118 Å². The number of benzene rings is 1. The Hall–Kier alpha value is -2.02. The van der Waals surface area contributed by atoms with Crippen molar-refractivity contribution in [1.29, 1.82) is 0 Å². The Morgan fingerprint density at radius 2 is 2.10 bits per heavy atom. The zero-order chi connectivity index (χ0) is 15.5. The molecule has 0 saturated heterocycles. The van der Waals surface area contributed by atoms with Gasteiger partial charge < -0.3 is 14.5 Å². The second-order valence-corrected chi connectivity index (χ2v) is 4.45. The Kier molecular flexibility index (Phi) is 4.52. The molecule has 0 fully saturated rings. The lowest BCUT2D eigenvalue weighted by atomic mass is 10.1. The molecule has 0 bridgehead atoms. The van der Waals surface area contributed by atoms with Crippen LogP contribution < -0.4 is 4.74 Å². The highest BCUT2D eigenvalue weighted by Gasteiger charge is 2.27. The summed E-state index contributed by atoms with van der Waals surface area (Å²) in [5, 5.41) is 0.676. The van der Waals surface area contributed by atoms with Crippen molar-refractivity contribution in [3.05, 3.63) is 30.0 Å². The predicted molar refractivity (Wildman–Crippen MR) is 70.7 cm³/mol. The van der Waals surface area contributed by atoms with Gasteiger partial charge in [0.05, 0.1) is 13.7 Å². The van der Waals surface area contributed by atoms with E-state index in [2.05, 4.69) is 9.72 Å². The first-order valence-electron chi connectivity index (χ1n) is 6.23. The number of aromatic nitrogens is 1. The van der Waals surface area contributed by atoms with Gasteiger partial charge in [-0.2, -0.15) is 13.2 Å². The summed E-state index contributed by atoms with van der Waals surface area (Å²) in [7, 11) is 1.51. The molecule has 1 N–H and O–H groups in total. The Morgan fingerprint density at radius 1 is 1.33 bits per heavy atom. The van der Waals surface area contributed by atoms with Crippen molar-refractivity contribution in [2.45, 2.75) is 12.6 Å². The first kappa shape index (κ1) is 15.4. The first-order valence-corrected chi connectivity index (χ1v) is 6.23. The van der Waals surface area contributed by atoms with E-state index in [4.69, 9.17) is 4.74 Å². The molecule has 0 atom stereocenters. The zero-order valence-corrected chi connectivity index (χ0v) is 11.3. The molecular weight excluding hydrogens is 287 g/mol. The molecule has 2 aromatic rings. The number of nitrogens with one attached hydrogen (secondary N) is 1. The number of ketones is 1. The molecule has 0 saturated carbocycles. The van der Waals surface area contributed by atoms with E-state index in [1.54, 1.807) is 18.2 Å². The van der Waals surface area contributed by atoms with Gasteiger partial charge in [0.2, 0.25) is 0 Å². The van der Waals surface area contributed by atoms with E-state index in [1.807, 2.05) is 0 Å². The number of hydrogen-bond donors (Lipinski definition) is 1. The van der Waals surface area contributed by atoms with E-state index in [0.29, 0.717) is 16.7 Å². The summed E-state index contributed by atoms with van der Waals surface area (Å²) in [5.74, 6) is 0.321. The Morgan fingerprint density at radius 3 is 2.76 bits per heavy atom.